The van der Waals surface area contributed by atoms with Crippen molar-refractivity contribution in [3.63, 3.8) is 0 Å². The average molecular weight is 262 g/mol. The first kappa shape index (κ1) is 13.8. The van der Waals surface area contributed by atoms with Crippen LogP contribution in [-0.4, -0.2) is 11.0 Å². The maximum atomic E-state index is 12.4. The van der Waals surface area contributed by atoms with E-state index in [2.05, 4.69) is 5.32 Å². The monoisotopic (exact) mass is 262 g/mol. The van der Waals surface area contributed by atoms with Crippen molar-refractivity contribution in [3.8, 4) is 0 Å². The lowest BCUT2D eigenvalue weighted by molar-refractivity contribution is -0.137. The Morgan fingerprint density at radius 2 is 2.12 bits per heavy atom. The Hall–Kier alpha value is -1.30. The summed E-state index contributed by atoms with van der Waals surface area (Å²) in [5.74, 6) is 0. The van der Waals surface area contributed by atoms with E-state index in [1.54, 1.807) is 13.0 Å². The summed E-state index contributed by atoms with van der Waals surface area (Å²) in [5, 5.41) is 2.92. The molecule has 6 heteroatoms. The van der Waals surface area contributed by atoms with Crippen LogP contribution >= 0.6 is 12.2 Å². The summed E-state index contributed by atoms with van der Waals surface area (Å²) >= 11 is 4.73. The summed E-state index contributed by atoms with van der Waals surface area (Å²) in [6, 6.07) is 4.93. The number of anilines is 1. The van der Waals surface area contributed by atoms with Crippen molar-refractivity contribution in [1.82, 2.24) is 0 Å². The zero-order valence-electron chi connectivity index (χ0n) is 9.21. The fourth-order valence-corrected chi connectivity index (χ4v) is 1.67. The van der Waals surface area contributed by atoms with E-state index < -0.39 is 11.7 Å². The van der Waals surface area contributed by atoms with E-state index in [1.807, 2.05) is 0 Å². The number of thiocarbonyl (C=S) groups is 1. The molecule has 0 aliphatic carbocycles. The molecule has 0 saturated carbocycles. The van der Waals surface area contributed by atoms with Gasteiger partial charge in [-0.15, -0.1) is 0 Å². The van der Waals surface area contributed by atoms with E-state index in [4.69, 9.17) is 18.0 Å². The van der Waals surface area contributed by atoms with Gasteiger partial charge < -0.3 is 11.1 Å². The molecule has 1 rings (SSSR count). The van der Waals surface area contributed by atoms with Crippen LogP contribution < -0.4 is 11.1 Å². The first-order valence-electron chi connectivity index (χ1n) is 5.01. The van der Waals surface area contributed by atoms with Crippen LogP contribution in [0, 0.1) is 0 Å². The highest BCUT2D eigenvalue weighted by Gasteiger charge is 2.30. The summed E-state index contributed by atoms with van der Waals surface area (Å²) in [4.78, 5) is 0.331. The Bertz CT molecular complexity index is 404. The number of hydrogen-bond donors (Lipinski definition) is 2. The predicted octanol–water partition coefficient (Wildman–Crippen LogP) is 3.18. The van der Waals surface area contributed by atoms with Gasteiger partial charge in [0.1, 0.15) is 0 Å². The number of benzene rings is 1. The van der Waals surface area contributed by atoms with Crippen LogP contribution in [0.15, 0.2) is 24.3 Å². The molecule has 0 fully saturated rings. The Kier molecular flexibility index (Phi) is 4.34. The van der Waals surface area contributed by atoms with Crippen molar-refractivity contribution in [2.75, 3.05) is 5.32 Å². The Labute approximate surface area is 103 Å². The van der Waals surface area contributed by atoms with Crippen molar-refractivity contribution in [1.29, 1.82) is 0 Å². The molecule has 0 spiro atoms. The molecule has 0 saturated heterocycles. The standard InChI is InChI=1S/C11H13F3N2S/c1-7(5-10(15)17)16-9-4-2-3-8(6-9)11(12,13)14/h2-4,6-7,16H,5H2,1H3,(H2,15,17). The second-order valence-corrected chi connectivity index (χ2v) is 4.32. The molecule has 3 N–H and O–H groups in total. The Morgan fingerprint density at radius 1 is 1.47 bits per heavy atom. The molecule has 0 amide bonds. The smallest absolute Gasteiger partial charge is 0.393 e. The molecule has 94 valence electrons. The van der Waals surface area contributed by atoms with Gasteiger partial charge in [-0.2, -0.15) is 13.2 Å². The molecule has 0 aliphatic heterocycles. The highest BCUT2D eigenvalue weighted by molar-refractivity contribution is 7.80. The molecule has 0 bridgehead atoms. The molecule has 0 aliphatic rings. The van der Waals surface area contributed by atoms with Crippen molar-refractivity contribution < 1.29 is 13.2 Å². The van der Waals surface area contributed by atoms with E-state index in [9.17, 15) is 13.2 Å². The maximum absolute atomic E-state index is 12.4. The number of nitrogens with one attached hydrogen (secondary N) is 1. The van der Waals surface area contributed by atoms with Gasteiger partial charge in [0.25, 0.3) is 0 Å². The molecule has 17 heavy (non-hydrogen) atoms. The zero-order valence-corrected chi connectivity index (χ0v) is 10.0. The quantitative estimate of drug-likeness (QED) is 0.818. The summed E-state index contributed by atoms with van der Waals surface area (Å²) in [5.41, 5.74) is 5.09. The lowest BCUT2D eigenvalue weighted by Gasteiger charge is -2.15. The molecular weight excluding hydrogens is 249 g/mol. The van der Waals surface area contributed by atoms with Crippen LogP contribution in [0.1, 0.15) is 18.9 Å². The largest absolute Gasteiger partial charge is 0.416 e. The van der Waals surface area contributed by atoms with Crippen LogP contribution in [-0.2, 0) is 6.18 Å². The molecule has 2 nitrogen and oxygen atoms in total. The number of halogens is 3. The number of rotatable bonds is 4. The Balaban J connectivity index is 2.76. The normalized spacial score (nSPS) is 13.2. The lowest BCUT2D eigenvalue weighted by Crippen LogP contribution is -2.22. The van der Waals surface area contributed by atoms with E-state index >= 15 is 0 Å². The van der Waals surface area contributed by atoms with Crippen molar-refractivity contribution >= 4 is 22.9 Å². The Morgan fingerprint density at radius 3 is 2.65 bits per heavy atom. The average Bonchev–Trinajstić information content (AvgIpc) is 2.15. The molecular formula is C11H13F3N2S. The lowest BCUT2D eigenvalue weighted by atomic mass is 10.1. The first-order valence-corrected chi connectivity index (χ1v) is 5.42. The van der Waals surface area contributed by atoms with Gasteiger partial charge in [0, 0.05) is 18.2 Å². The fraction of sp³-hybridized carbons (Fsp3) is 0.364. The van der Waals surface area contributed by atoms with E-state index in [1.165, 1.54) is 6.07 Å². The summed E-state index contributed by atoms with van der Waals surface area (Å²) in [6.07, 6.45) is -3.89. The predicted molar refractivity (Wildman–Crippen MR) is 65.9 cm³/mol. The molecule has 0 radical (unpaired) electrons. The number of hydrogen-bond acceptors (Lipinski definition) is 2. The van der Waals surface area contributed by atoms with E-state index in [-0.39, 0.29) is 6.04 Å². The first-order chi connectivity index (χ1) is 7.79. The van der Waals surface area contributed by atoms with Crippen molar-refractivity contribution in [2.45, 2.75) is 25.6 Å². The third kappa shape index (κ3) is 4.60. The summed E-state index contributed by atoms with van der Waals surface area (Å²) in [7, 11) is 0. The fourth-order valence-electron chi connectivity index (χ4n) is 1.42. The number of alkyl halides is 3. The molecule has 1 aromatic carbocycles. The van der Waals surface area contributed by atoms with Gasteiger partial charge in [-0.1, -0.05) is 18.3 Å². The molecule has 1 aromatic rings. The summed E-state index contributed by atoms with van der Waals surface area (Å²) < 4.78 is 37.3. The van der Waals surface area contributed by atoms with Gasteiger partial charge >= 0.3 is 6.18 Å². The highest BCUT2D eigenvalue weighted by atomic mass is 32.1. The topological polar surface area (TPSA) is 38.0 Å². The van der Waals surface area contributed by atoms with Gasteiger partial charge in [0.15, 0.2) is 0 Å². The van der Waals surface area contributed by atoms with Crippen LogP contribution in [0.2, 0.25) is 0 Å². The molecule has 0 aromatic heterocycles. The van der Waals surface area contributed by atoms with Crippen LogP contribution in [0.4, 0.5) is 18.9 Å². The second kappa shape index (κ2) is 5.35. The van der Waals surface area contributed by atoms with Gasteiger partial charge in [-0.05, 0) is 25.1 Å². The molecule has 0 heterocycles. The van der Waals surface area contributed by atoms with E-state index in [0.717, 1.165) is 12.1 Å². The molecule has 1 atom stereocenters. The minimum atomic E-state index is -4.33. The molecule has 1 unspecified atom stereocenters. The maximum Gasteiger partial charge on any atom is 0.416 e. The van der Waals surface area contributed by atoms with Crippen molar-refractivity contribution in [3.05, 3.63) is 29.8 Å². The second-order valence-electron chi connectivity index (χ2n) is 3.79. The van der Waals surface area contributed by atoms with Crippen molar-refractivity contribution in [2.24, 2.45) is 5.73 Å². The third-order valence-electron chi connectivity index (χ3n) is 2.11. The third-order valence-corrected chi connectivity index (χ3v) is 2.28. The van der Waals surface area contributed by atoms with Gasteiger partial charge in [-0.3, -0.25) is 0 Å². The SMILES string of the molecule is CC(CC(N)=S)Nc1cccc(C(F)(F)F)c1. The van der Waals surface area contributed by atoms with Crippen LogP contribution in [0.3, 0.4) is 0 Å². The minimum Gasteiger partial charge on any atom is -0.393 e. The number of nitrogens with two attached hydrogens (primary N) is 1. The zero-order chi connectivity index (χ0) is 13.1. The van der Waals surface area contributed by atoms with Gasteiger partial charge in [0.05, 0.1) is 10.6 Å². The van der Waals surface area contributed by atoms with E-state index in [0.29, 0.717) is 17.1 Å². The summed E-state index contributed by atoms with van der Waals surface area (Å²) in [6.45, 7) is 1.80. The highest BCUT2D eigenvalue weighted by Crippen LogP contribution is 2.30. The van der Waals surface area contributed by atoms with Gasteiger partial charge in [-0.25, -0.2) is 0 Å². The minimum absolute atomic E-state index is 0.101. The van der Waals surface area contributed by atoms with Gasteiger partial charge in [0.2, 0.25) is 0 Å². The van der Waals surface area contributed by atoms with Crippen LogP contribution in [0.25, 0.3) is 0 Å². The van der Waals surface area contributed by atoms with Crippen LogP contribution in [0.5, 0.6) is 0 Å².